The van der Waals surface area contributed by atoms with E-state index < -0.39 is 0 Å². The highest BCUT2D eigenvalue weighted by atomic mass is 16.5. The summed E-state index contributed by atoms with van der Waals surface area (Å²) in [5.41, 5.74) is 0.714. The predicted octanol–water partition coefficient (Wildman–Crippen LogP) is 2.69. The van der Waals surface area contributed by atoms with Crippen molar-refractivity contribution in [3.05, 3.63) is 18.3 Å². The molecule has 2 N–H and O–H groups in total. The second-order valence-electron chi connectivity index (χ2n) is 7.47. The third-order valence-electron chi connectivity index (χ3n) is 5.44. The molecule has 0 saturated carbocycles. The molecular formula is C20H33N5O2. The molecule has 2 fully saturated rings. The molecular weight excluding hydrogens is 342 g/mol. The fourth-order valence-corrected chi connectivity index (χ4v) is 3.75. The first kappa shape index (κ1) is 19.9. The van der Waals surface area contributed by atoms with E-state index in [0.717, 1.165) is 51.5 Å². The molecule has 2 saturated heterocycles. The Hall–Kier alpha value is -1.86. The van der Waals surface area contributed by atoms with Crippen molar-refractivity contribution in [2.45, 2.75) is 45.1 Å². The zero-order chi connectivity index (χ0) is 18.9. The van der Waals surface area contributed by atoms with Gasteiger partial charge in [0.25, 0.3) is 0 Å². The van der Waals surface area contributed by atoms with E-state index >= 15 is 0 Å². The van der Waals surface area contributed by atoms with Gasteiger partial charge in [0.05, 0.1) is 25.1 Å². The van der Waals surface area contributed by atoms with E-state index in [-0.39, 0.29) is 6.03 Å². The first-order valence-electron chi connectivity index (χ1n) is 10.3. The maximum atomic E-state index is 12.0. The number of nitrogens with one attached hydrogen (secondary N) is 2. The third kappa shape index (κ3) is 6.36. The third-order valence-corrected chi connectivity index (χ3v) is 5.44. The number of hydrogen-bond acceptors (Lipinski definition) is 5. The van der Waals surface area contributed by atoms with E-state index in [2.05, 4.69) is 32.3 Å². The van der Waals surface area contributed by atoms with Gasteiger partial charge in [0.15, 0.2) is 0 Å². The summed E-state index contributed by atoms with van der Waals surface area (Å²) in [4.78, 5) is 21.2. The predicted molar refractivity (Wildman–Crippen MR) is 108 cm³/mol. The summed E-state index contributed by atoms with van der Waals surface area (Å²) in [6, 6.07) is 4.39. The summed E-state index contributed by atoms with van der Waals surface area (Å²) in [6.07, 6.45) is 7.84. The van der Waals surface area contributed by atoms with Gasteiger partial charge >= 0.3 is 6.03 Å². The molecule has 3 heterocycles. The van der Waals surface area contributed by atoms with Crippen LogP contribution < -0.4 is 15.5 Å². The number of anilines is 2. The summed E-state index contributed by atoms with van der Waals surface area (Å²) in [5, 5.41) is 5.79. The molecule has 2 amide bonds. The largest absolute Gasteiger partial charge is 0.378 e. The highest BCUT2D eigenvalue weighted by Gasteiger charge is 2.17. The number of carbonyl (C=O) groups is 1. The quantitative estimate of drug-likeness (QED) is 0.717. The van der Waals surface area contributed by atoms with Crippen LogP contribution in [0.2, 0.25) is 0 Å². The van der Waals surface area contributed by atoms with Crippen molar-refractivity contribution in [3.63, 3.8) is 0 Å². The van der Waals surface area contributed by atoms with Gasteiger partial charge in [-0.15, -0.1) is 0 Å². The first-order valence-corrected chi connectivity index (χ1v) is 10.3. The Kier molecular flexibility index (Phi) is 7.71. The number of ether oxygens (including phenoxy) is 1. The maximum Gasteiger partial charge on any atom is 0.319 e. The number of aromatic nitrogens is 1. The van der Waals surface area contributed by atoms with Crippen LogP contribution in [0.15, 0.2) is 18.3 Å². The van der Waals surface area contributed by atoms with Crippen LogP contribution in [0.25, 0.3) is 0 Å². The zero-order valence-corrected chi connectivity index (χ0v) is 16.5. The molecule has 150 valence electrons. The number of piperidine rings is 1. The molecule has 3 rings (SSSR count). The number of likely N-dealkylation sites (tertiary alicyclic amines) is 1. The summed E-state index contributed by atoms with van der Waals surface area (Å²) in [6.45, 7) is 8.57. The Balaban J connectivity index is 1.30. The van der Waals surface area contributed by atoms with Gasteiger partial charge in [0, 0.05) is 25.7 Å². The van der Waals surface area contributed by atoms with Gasteiger partial charge < -0.3 is 25.2 Å². The zero-order valence-electron chi connectivity index (χ0n) is 16.5. The fraction of sp³-hybridized carbons (Fsp3) is 0.700. The van der Waals surface area contributed by atoms with Gasteiger partial charge in [-0.25, -0.2) is 9.78 Å². The van der Waals surface area contributed by atoms with Crippen LogP contribution in [-0.2, 0) is 4.74 Å². The van der Waals surface area contributed by atoms with Crippen LogP contribution in [0.4, 0.5) is 16.3 Å². The Morgan fingerprint density at radius 1 is 1.22 bits per heavy atom. The SMILES string of the molecule is CC1CCCCN1CCCCNC(=O)Nc1ccc(N2CCOCC2)nc1. The maximum absolute atomic E-state index is 12.0. The average Bonchev–Trinajstić information content (AvgIpc) is 2.70. The van der Waals surface area contributed by atoms with Crippen molar-refractivity contribution in [2.75, 3.05) is 56.2 Å². The van der Waals surface area contributed by atoms with Crippen molar-refractivity contribution in [1.82, 2.24) is 15.2 Å². The standard InChI is InChI=1S/C20H33N5O2/c1-17-6-2-4-10-24(17)11-5-3-9-21-20(26)23-18-7-8-19(22-16-18)25-12-14-27-15-13-25/h7-8,16-17H,2-6,9-15H2,1H3,(H2,21,23,26). The minimum absolute atomic E-state index is 0.165. The highest BCUT2D eigenvalue weighted by molar-refractivity contribution is 5.89. The van der Waals surface area contributed by atoms with Gasteiger partial charge in [0.1, 0.15) is 5.82 Å². The number of rotatable bonds is 7. The van der Waals surface area contributed by atoms with Crippen LogP contribution in [0.5, 0.6) is 0 Å². The average molecular weight is 376 g/mol. The van der Waals surface area contributed by atoms with E-state index in [1.54, 1.807) is 6.20 Å². The lowest BCUT2D eigenvalue weighted by Gasteiger charge is -2.33. The second kappa shape index (κ2) is 10.5. The summed E-state index contributed by atoms with van der Waals surface area (Å²) in [5.74, 6) is 0.927. The van der Waals surface area contributed by atoms with E-state index in [1.807, 2.05) is 12.1 Å². The van der Waals surface area contributed by atoms with E-state index in [1.165, 1.54) is 25.8 Å². The smallest absolute Gasteiger partial charge is 0.319 e. The van der Waals surface area contributed by atoms with E-state index in [0.29, 0.717) is 18.3 Å². The number of amides is 2. The number of pyridine rings is 1. The van der Waals surface area contributed by atoms with E-state index in [4.69, 9.17) is 4.74 Å². The molecule has 1 aromatic heterocycles. The van der Waals surface area contributed by atoms with Crippen molar-refractivity contribution >= 4 is 17.5 Å². The highest BCUT2D eigenvalue weighted by Crippen LogP contribution is 2.17. The lowest BCUT2D eigenvalue weighted by molar-refractivity contribution is 0.122. The Bertz CT molecular complexity index is 574. The van der Waals surface area contributed by atoms with Gasteiger partial charge in [0.2, 0.25) is 0 Å². The monoisotopic (exact) mass is 375 g/mol. The Morgan fingerprint density at radius 2 is 2.07 bits per heavy atom. The van der Waals surface area contributed by atoms with Crippen LogP contribution in [0.3, 0.4) is 0 Å². The number of morpholine rings is 1. The lowest BCUT2D eigenvalue weighted by Crippen LogP contribution is -2.38. The molecule has 0 spiro atoms. The van der Waals surface area contributed by atoms with Crippen LogP contribution in [0.1, 0.15) is 39.0 Å². The summed E-state index contributed by atoms with van der Waals surface area (Å²) >= 11 is 0. The molecule has 0 aromatic carbocycles. The second-order valence-corrected chi connectivity index (χ2v) is 7.47. The summed E-state index contributed by atoms with van der Waals surface area (Å²) in [7, 11) is 0. The van der Waals surface area contributed by atoms with Crippen LogP contribution in [0, 0.1) is 0 Å². The van der Waals surface area contributed by atoms with Crippen molar-refractivity contribution in [1.29, 1.82) is 0 Å². The number of urea groups is 1. The molecule has 2 aliphatic heterocycles. The Morgan fingerprint density at radius 3 is 2.81 bits per heavy atom. The molecule has 7 heteroatoms. The first-order chi connectivity index (χ1) is 13.2. The topological polar surface area (TPSA) is 69.7 Å². The fourth-order valence-electron chi connectivity index (χ4n) is 3.75. The number of unbranched alkanes of at least 4 members (excludes halogenated alkanes) is 1. The molecule has 0 radical (unpaired) electrons. The van der Waals surface area contributed by atoms with Gasteiger partial charge in [-0.1, -0.05) is 6.42 Å². The minimum Gasteiger partial charge on any atom is -0.378 e. The van der Waals surface area contributed by atoms with E-state index in [9.17, 15) is 4.79 Å². The van der Waals surface area contributed by atoms with Gasteiger partial charge in [-0.05, 0) is 57.8 Å². The normalized spacial score (nSPS) is 21.1. The molecule has 2 aliphatic rings. The van der Waals surface area contributed by atoms with Gasteiger partial charge in [-0.3, -0.25) is 0 Å². The van der Waals surface area contributed by atoms with Crippen LogP contribution in [-0.4, -0.2) is 67.9 Å². The van der Waals surface area contributed by atoms with Gasteiger partial charge in [-0.2, -0.15) is 0 Å². The molecule has 0 bridgehead atoms. The van der Waals surface area contributed by atoms with Crippen molar-refractivity contribution in [2.24, 2.45) is 0 Å². The minimum atomic E-state index is -0.165. The molecule has 27 heavy (non-hydrogen) atoms. The number of hydrogen-bond donors (Lipinski definition) is 2. The molecule has 7 nitrogen and oxygen atoms in total. The number of nitrogens with zero attached hydrogens (tertiary/aromatic N) is 3. The van der Waals surface area contributed by atoms with Crippen LogP contribution >= 0.6 is 0 Å². The van der Waals surface area contributed by atoms with Crippen molar-refractivity contribution < 1.29 is 9.53 Å². The summed E-state index contributed by atoms with van der Waals surface area (Å²) < 4.78 is 5.35. The molecule has 1 unspecified atom stereocenters. The Labute approximate surface area is 162 Å². The number of carbonyl (C=O) groups excluding carboxylic acids is 1. The molecule has 1 aromatic rings. The molecule has 1 atom stereocenters. The molecule has 0 aliphatic carbocycles. The lowest BCUT2D eigenvalue weighted by atomic mass is 10.0. The van der Waals surface area contributed by atoms with Crippen molar-refractivity contribution in [3.8, 4) is 0 Å².